The van der Waals surface area contributed by atoms with E-state index in [2.05, 4.69) is 42.5 Å². The number of hydrogen-bond donors (Lipinski definition) is 0. The molecule has 2 aromatic rings. The lowest BCUT2D eigenvalue weighted by Crippen LogP contribution is -2.20. The number of hydrogen-bond acceptors (Lipinski definition) is 2. The first kappa shape index (κ1) is 13.3. The molecule has 2 nitrogen and oxygen atoms in total. The minimum Gasteiger partial charge on any atom is -0.374 e. The minimum atomic E-state index is -0.0371. The van der Waals surface area contributed by atoms with Crippen LogP contribution in [0.3, 0.4) is 0 Å². The van der Waals surface area contributed by atoms with E-state index in [0.717, 1.165) is 19.4 Å². The first-order valence-electron chi connectivity index (χ1n) is 7.16. The van der Waals surface area contributed by atoms with Crippen molar-refractivity contribution in [1.82, 2.24) is 0 Å². The summed E-state index contributed by atoms with van der Waals surface area (Å²) < 4.78 is 11.4. The molecule has 104 valence electrons. The van der Waals surface area contributed by atoms with Crippen molar-refractivity contribution in [3.63, 3.8) is 0 Å². The molecule has 2 heteroatoms. The zero-order valence-electron chi connectivity index (χ0n) is 11.6. The summed E-state index contributed by atoms with van der Waals surface area (Å²) in [5.41, 5.74) is 2.54. The molecule has 1 fully saturated rings. The van der Waals surface area contributed by atoms with E-state index in [1.165, 1.54) is 11.1 Å². The summed E-state index contributed by atoms with van der Waals surface area (Å²) >= 11 is 0. The van der Waals surface area contributed by atoms with Crippen molar-refractivity contribution in [1.29, 1.82) is 0 Å². The lowest BCUT2D eigenvalue weighted by molar-refractivity contribution is 0.0643. The van der Waals surface area contributed by atoms with Gasteiger partial charge in [0.1, 0.15) is 5.60 Å². The number of ether oxygens (including phenoxy) is 2. The van der Waals surface area contributed by atoms with Gasteiger partial charge in [0.25, 0.3) is 0 Å². The van der Waals surface area contributed by atoms with Crippen LogP contribution >= 0.6 is 0 Å². The van der Waals surface area contributed by atoms with Crippen LogP contribution < -0.4 is 0 Å². The Kier molecular flexibility index (Phi) is 4.14. The van der Waals surface area contributed by atoms with Gasteiger partial charge in [0.05, 0.1) is 19.8 Å². The lowest BCUT2D eigenvalue weighted by Gasteiger charge is -2.12. The van der Waals surface area contributed by atoms with Gasteiger partial charge in [-0.2, -0.15) is 0 Å². The molecule has 1 atom stereocenters. The predicted octanol–water partition coefficient (Wildman–Crippen LogP) is 3.61. The second-order valence-corrected chi connectivity index (χ2v) is 5.44. The fraction of sp³-hybridized carbons (Fsp3) is 0.333. The Balaban J connectivity index is 1.43. The van der Waals surface area contributed by atoms with Gasteiger partial charge in [-0.1, -0.05) is 60.7 Å². The highest BCUT2D eigenvalue weighted by atomic mass is 16.6. The summed E-state index contributed by atoms with van der Waals surface area (Å²) in [6, 6.07) is 20.8. The quantitative estimate of drug-likeness (QED) is 0.716. The van der Waals surface area contributed by atoms with Gasteiger partial charge in [-0.15, -0.1) is 0 Å². The molecule has 0 bridgehead atoms. The first-order valence-corrected chi connectivity index (χ1v) is 7.16. The average Bonchev–Trinajstić information content (AvgIpc) is 3.28. The highest BCUT2D eigenvalue weighted by Gasteiger charge is 2.44. The summed E-state index contributed by atoms with van der Waals surface area (Å²) in [6.45, 7) is 2.18. The number of benzene rings is 2. The Bertz CT molecular complexity index is 518. The number of aryl methyl sites for hydroxylation is 1. The van der Waals surface area contributed by atoms with Gasteiger partial charge in [-0.3, -0.25) is 0 Å². The largest absolute Gasteiger partial charge is 0.374 e. The molecule has 1 saturated heterocycles. The van der Waals surface area contributed by atoms with Crippen LogP contribution in [0.5, 0.6) is 0 Å². The van der Waals surface area contributed by atoms with Gasteiger partial charge in [-0.05, 0) is 24.0 Å². The zero-order chi connectivity index (χ0) is 13.7. The first-order chi connectivity index (χ1) is 9.86. The Morgan fingerprint density at radius 1 is 0.900 bits per heavy atom. The third-order valence-corrected chi connectivity index (χ3v) is 3.74. The molecule has 1 heterocycles. The van der Waals surface area contributed by atoms with Crippen molar-refractivity contribution >= 4 is 0 Å². The van der Waals surface area contributed by atoms with Gasteiger partial charge >= 0.3 is 0 Å². The molecule has 0 N–H and O–H groups in total. The van der Waals surface area contributed by atoms with Crippen LogP contribution in [-0.4, -0.2) is 18.8 Å². The van der Waals surface area contributed by atoms with Gasteiger partial charge in [0.2, 0.25) is 0 Å². The Morgan fingerprint density at radius 2 is 1.50 bits per heavy atom. The number of epoxide rings is 1. The van der Waals surface area contributed by atoms with Crippen molar-refractivity contribution in [2.24, 2.45) is 0 Å². The lowest BCUT2D eigenvalue weighted by atomic mass is 10.0. The molecule has 1 aliphatic heterocycles. The van der Waals surface area contributed by atoms with Crippen LogP contribution in [0.25, 0.3) is 0 Å². The van der Waals surface area contributed by atoms with Crippen molar-refractivity contribution in [2.45, 2.75) is 25.0 Å². The second kappa shape index (κ2) is 6.21. The van der Waals surface area contributed by atoms with Crippen LogP contribution in [0, 0.1) is 0 Å². The van der Waals surface area contributed by atoms with E-state index in [-0.39, 0.29) is 5.60 Å². The molecule has 20 heavy (non-hydrogen) atoms. The van der Waals surface area contributed by atoms with Gasteiger partial charge in [0, 0.05) is 0 Å². The Labute approximate surface area is 120 Å². The summed E-state index contributed by atoms with van der Waals surface area (Å²) in [5.74, 6) is 0. The van der Waals surface area contributed by atoms with E-state index in [9.17, 15) is 0 Å². The molecule has 0 unspecified atom stereocenters. The van der Waals surface area contributed by atoms with E-state index in [0.29, 0.717) is 13.2 Å². The summed E-state index contributed by atoms with van der Waals surface area (Å²) in [6.07, 6.45) is 2.08. The van der Waals surface area contributed by atoms with E-state index < -0.39 is 0 Å². The predicted molar refractivity (Wildman–Crippen MR) is 79.5 cm³/mol. The highest BCUT2D eigenvalue weighted by Crippen LogP contribution is 2.32. The van der Waals surface area contributed by atoms with Crippen molar-refractivity contribution in [3.05, 3.63) is 71.8 Å². The third kappa shape index (κ3) is 3.69. The second-order valence-electron chi connectivity index (χ2n) is 5.44. The standard InChI is InChI=1S/C18H20O2/c1-3-7-16(8-4-1)11-12-18(15-20-18)14-19-13-17-9-5-2-6-10-17/h1-10H,11-15H2/t18-/m1/s1. The molecule has 0 amide bonds. The van der Waals surface area contributed by atoms with Crippen molar-refractivity contribution in [2.75, 3.05) is 13.2 Å². The van der Waals surface area contributed by atoms with Crippen LogP contribution in [0.4, 0.5) is 0 Å². The van der Waals surface area contributed by atoms with Crippen molar-refractivity contribution < 1.29 is 9.47 Å². The van der Waals surface area contributed by atoms with Crippen LogP contribution in [0.1, 0.15) is 17.5 Å². The summed E-state index contributed by atoms with van der Waals surface area (Å²) in [5, 5.41) is 0. The summed E-state index contributed by atoms with van der Waals surface area (Å²) in [7, 11) is 0. The molecular formula is C18H20O2. The molecule has 3 rings (SSSR count). The SMILES string of the molecule is c1ccc(CC[C@@]2(COCc3ccccc3)CO2)cc1. The van der Waals surface area contributed by atoms with E-state index in [1.807, 2.05) is 18.2 Å². The maximum absolute atomic E-state index is 5.81. The maximum atomic E-state index is 5.81. The Morgan fingerprint density at radius 3 is 2.10 bits per heavy atom. The topological polar surface area (TPSA) is 21.8 Å². The van der Waals surface area contributed by atoms with Crippen LogP contribution in [-0.2, 0) is 22.5 Å². The third-order valence-electron chi connectivity index (χ3n) is 3.74. The molecule has 0 aromatic heterocycles. The highest BCUT2D eigenvalue weighted by molar-refractivity contribution is 5.16. The van der Waals surface area contributed by atoms with Crippen LogP contribution in [0.2, 0.25) is 0 Å². The van der Waals surface area contributed by atoms with Gasteiger partial charge < -0.3 is 9.47 Å². The fourth-order valence-corrected chi connectivity index (χ4v) is 2.35. The van der Waals surface area contributed by atoms with E-state index >= 15 is 0 Å². The smallest absolute Gasteiger partial charge is 0.115 e. The zero-order valence-corrected chi connectivity index (χ0v) is 11.6. The molecule has 0 spiro atoms. The van der Waals surface area contributed by atoms with E-state index in [4.69, 9.17) is 9.47 Å². The van der Waals surface area contributed by atoms with Crippen molar-refractivity contribution in [3.8, 4) is 0 Å². The molecule has 1 aliphatic rings. The van der Waals surface area contributed by atoms with Gasteiger partial charge in [0.15, 0.2) is 0 Å². The molecule has 0 saturated carbocycles. The van der Waals surface area contributed by atoms with E-state index in [1.54, 1.807) is 0 Å². The maximum Gasteiger partial charge on any atom is 0.115 e. The fourth-order valence-electron chi connectivity index (χ4n) is 2.35. The van der Waals surface area contributed by atoms with Gasteiger partial charge in [-0.25, -0.2) is 0 Å². The molecule has 0 radical (unpaired) electrons. The average molecular weight is 268 g/mol. The normalized spacial score (nSPS) is 20.8. The van der Waals surface area contributed by atoms with Crippen LogP contribution in [0.15, 0.2) is 60.7 Å². The minimum absolute atomic E-state index is 0.0371. The summed E-state index contributed by atoms with van der Waals surface area (Å²) in [4.78, 5) is 0. The molecule has 2 aromatic carbocycles. The Hall–Kier alpha value is -1.64. The monoisotopic (exact) mass is 268 g/mol. The molecule has 0 aliphatic carbocycles. The number of rotatable bonds is 7. The molecular weight excluding hydrogens is 248 g/mol.